The van der Waals surface area contributed by atoms with Crippen molar-refractivity contribution in [2.75, 3.05) is 6.61 Å². The molecule has 0 saturated carbocycles. The molecule has 1 aromatic carbocycles. The summed E-state index contributed by atoms with van der Waals surface area (Å²) >= 11 is 0.910. The van der Waals surface area contributed by atoms with Gasteiger partial charge in [-0.15, -0.1) is 5.10 Å². The van der Waals surface area contributed by atoms with E-state index in [2.05, 4.69) is 10.2 Å². The van der Waals surface area contributed by atoms with Gasteiger partial charge in [-0.1, -0.05) is 5.10 Å². The van der Waals surface area contributed by atoms with E-state index in [0.717, 1.165) is 11.3 Å². The second-order valence-electron chi connectivity index (χ2n) is 3.90. The summed E-state index contributed by atoms with van der Waals surface area (Å²) in [6.07, 6.45) is 0. The highest BCUT2D eigenvalue weighted by Crippen LogP contribution is 2.30. The molecule has 8 nitrogen and oxygen atoms in total. The standard InChI is InChI=1S/C12H11N3O5S/c1-3-19-11(16)10-13-14-12(21-10)20-9-6-8(15(17)18)5-4-7(9)2/h4-6H,3H2,1-2H3. The van der Waals surface area contributed by atoms with Gasteiger partial charge in [0.25, 0.3) is 10.9 Å². The Hall–Kier alpha value is -2.55. The number of rotatable bonds is 5. The van der Waals surface area contributed by atoms with Crippen LogP contribution in [0.1, 0.15) is 22.3 Å². The van der Waals surface area contributed by atoms with E-state index in [0.29, 0.717) is 5.56 Å². The topological polar surface area (TPSA) is 104 Å². The second kappa shape index (κ2) is 6.27. The third-order valence-corrected chi connectivity index (χ3v) is 3.22. The summed E-state index contributed by atoms with van der Waals surface area (Å²) < 4.78 is 10.2. The van der Waals surface area contributed by atoms with E-state index in [1.165, 1.54) is 12.1 Å². The van der Waals surface area contributed by atoms with Crippen LogP contribution in [0.5, 0.6) is 10.9 Å². The molecule has 1 heterocycles. The van der Waals surface area contributed by atoms with Gasteiger partial charge in [0.05, 0.1) is 17.6 Å². The minimum absolute atomic E-state index is 0.0648. The fourth-order valence-electron chi connectivity index (χ4n) is 1.43. The number of nitro benzene ring substituents is 1. The van der Waals surface area contributed by atoms with Gasteiger partial charge < -0.3 is 9.47 Å². The molecule has 0 radical (unpaired) electrons. The van der Waals surface area contributed by atoms with Crippen molar-refractivity contribution in [1.82, 2.24) is 10.2 Å². The predicted molar refractivity (Wildman–Crippen MR) is 73.8 cm³/mol. The predicted octanol–water partition coefficient (Wildman–Crippen LogP) is 2.72. The van der Waals surface area contributed by atoms with Crippen LogP contribution in [0.4, 0.5) is 5.69 Å². The van der Waals surface area contributed by atoms with E-state index in [1.807, 2.05) is 0 Å². The van der Waals surface area contributed by atoms with Crippen molar-refractivity contribution >= 4 is 23.0 Å². The minimum Gasteiger partial charge on any atom is -0.461 e. The van der Waals surface area contributed by atoms with E-state index in [1.54, 1.807) is 19.9 Å². The fourth-order valence-corrected chi connectivity index (χ4v) is 2.04. The van der Waals surface area contributed by atoms with Gasteiger partial charge in [-0.25, -0.2) is 4.79 Å². The number of carbonyl (C=O) groups is 1. The van der Waals surface area contributed by atoms with Gasteiger partial charge in [0.1, 0.15) is 5.75 Å². The molecule has 0 aliphatic rings. The first-order chi connectivity index (χ1) is 10.0. The van der Waals surface area contributed by atoms with Crippen molar-refractivity contribution in [1.29, 1.82) is 0 Å². The number of aromatic nitrogens is 2. The largest absolute Gasteiger partial charge is 0.461 e. The quantitative estimate of drug-likeness (QED) is 0.475. The molecular formula is C12H11N3O5S. The molecule has 110 valence electrons. The highest BCUT2D eigenvalue weighted by molar-refractivity contribution is 7.14. The molecule has 0 fully saturated rings. The molecule has 2 aromatic rings. The zero-order valence-electron chi connectivity index (χ0n) is 11.2. The number of aryl methyl sites for hydroxylation is 1. The maximum Gasteiger partial charge on any atom is 0.369 e. The van der Waals surface area contributed by atoms with Gasteiger partial charge in [0, 0.05) is 6.07 Å². The number of carbonyl (C=O) groups excluding carboxylic acids is 1. The number of nitro groups is 1. The van der Waals surface area contributed by atoms with Gasteiger partial charge in [-0.05, 0) is 36.8 Å². The lowest BCUT2D eigenvalue weighted by molar-refractivity contribution is -0.384. The number of hydrogen-bond donors (Lipinski definition) is 0. The summed E-state index contributed by atoms with van der Waals surface area (Å²) in [6, 6.07) is 4.24. The molecule has 0 aliphatic carbocycles. The van der Waals surface area contributed by atoms with Gasteiger partial charge in [-0.2, -0.15) is 0 Å². The summed E-state index contributed by atoms with van der Waals surface area (Å²) in [6.45, 7) is 3.66. The van der Waals surface area contributed by atoms with E-state index >= 15 is 0 Å². The number of esters is 1. The minimum atomic E-state index is -0.583. The fraction of sp³-hybridized carbons (Fsp3) is 0.250. The van der Waals surface area contributed by atoms with E-state index in [-0.39, 0.29) is 28.2 Å². The molecule has 0 bridgehead atoms. The molecule has 0 amide bonds. The smallest absolute Gasteiger partial charge is 0.369 e. The zero-order valence-corrected chi connectivity index (χ0v) is 12.0. The highest BCUT2D eigenvalue weighted by atomic mass is 32.1. The van der Waals surface area contributed by atoms with Crippen LogP contribution in [0.25, 0.3) is 0 Å². The van der Waals surface area contributed by atoms with Gasteiger partial charge in [0.15, 0.2) is 0 Å². The van der Waals surface area contributed by atoms with Gasteiger partial charge in [-0.3, -0.25) is 10.1 Å². The Kier molecular flexibility index (Phi) is 4.43. The Labute approximate surface area is 123 Å². The highest BCUT2D eigenvalue weighted by Gasteiger charge is 2.16. The second-order valence-corrected chi connectivity index (χ2v) is 4.84. The van der Waals surface area contributed by atoms with Crippen molar-refractivity contribution in [3.05, 3.63) is 38.9 Å². The summed E-state index contributed by atoms with van der Waals surface area (Å²) in [4.78, 5) is 21.7. The van der Waals surface area contributed by atoms with Gasteiger partial charge in [0.2, 0.25) is 5.01 Å². The van der Waals surface area contributed by atoms with Crippen molar-refractivity contribution < 1.29 is 19.2 Å². The average molecular weight is 309 g/mol. The number of benzene rings is 1. The van der Waals surface area contributed by atoms with Crippen LogP contribution in [0, 0.1) is 17.0 Å². The lowest BCUT2D eigenvalue weighted by Gasteiger charge is -2.04. The molecule has 21 heavy (non-hydrogen) atoms. The van der Waals surface area contributed by atoms with E-state index < -0.39 is 10.9 Å². The van der Waals surface area contributed by atoms with Crippen molar-refractivity contribution in [2.45, 2.75) is 13.8 Å². The van der Waals surface area contributed by atoms with Crippen molar-refractivity contribution in [2.24, 2.45) is 0 Å². The van der Waals surface area contributed by atoms with Crippen LogP contribution in [-0.2, 0) is 4.74 Å². The number of ether oxygens (including phenoxy) is 2. The summed E-state index contributed by atoms with van der Waals surface area (Å²) in [5.41, 5.74) is 0.610. The molecule has 1 aromatic heterocycles. The number of nitrogens with zero attached hydrogens (tertiary/aromatic N) is 3. The third kappa shape index (κ3) is 3.51. The lowest BCUT2D eigenvalue weighted by atomic mass is 10.2. The summed E-state index contributed by atoms with van der Waals surface area (Å²) in [7, 11) is 0. The normalized spacial score (nSPS) is 10.2. The molecule has 2 rings (SSSR count). The Morgan fingerprint density at radius 3 is 2.86 bits per heavy atom. The maximum atomic E-state index is 11.5. The van der Waals surface area contributed by atoms with Crippen LogP contribution in [0.3, 0.4) is 0 Å². The monoisotopic (exact) mass is 309 g/mol. The molecule has 0 unspecified atom stereocenters. The van der Waals surface area contributed by atoms with Crippen molar-refractivity contribution in [3.8, 4) is 10.9 Å². The number of hydrogen-bond acceptors (Lipinski definition) is 8. The Morgan fingerprint density at radius 2 is 2.19 bits per heavy atom. The molecular weight excluding hydrogens is 298 g/mol. The first-order valence-corrected chi connectivity index (χ1v) is 6.76. The van der Waals surface area contributed by atoms with E-state index in [9.17, 15) is 14.9 Å². The molecule has 0 saturated heterocycles. The van der Waals surface area contributed by atoms with Crippen LogP contribution < -0.4 is 4.74 Å². The summed E-state index contributed by atoms with van der Waals surface area (Å²) in [5, 5.41) is 18.3. The molecule has 0 N–H and O–H groups in total. The molecule has 0 aliphatic heterocycles. The molecule has 9 heteroatoms. The maximum absolute atomic E-state index is 11.5. The van der Waals surface area contributed by atoms with Crippen LogP contribution in [0.2, 0.25) is 0 Å². The Balaban J connectivity index is 2.20. The van der Waals surface area contributed by atoms with Crippen LogP contribution in [-0.4, -0.2) is 27.7 Å². The third-order valence-electron chi connectivity index (χ3n) is 2.44. The Bertz CT molecular complexity index is 685. The van der Waals surface area contributed by atoms with Crippen LogP contribution in [0.15, 0.2) is 18.2 Å². The first kappa shape index (κ1) is 14.9. The lowest BCUT2D eigenvalue weighted by Crippen LogP contribution is -2.03. The zero-order chi connectivity index (χ0) is 15.4. The summed E-state index contributed by atoms with van der Waals surface area (Å²) in [5.74, 6) is -0.295. The first-order valence-electron chi connectivity index (χ1n) is 5.94. The Morgan fingerprint density at radius 1 is 1.43 bits per heavy atom. The average Bonchev–Trinajstić information content (AvgIpc) is 2.90. The van der Waals surface area contributed by atoms with Gasteiger partial charge >= 0.3 is 5.97 Å². The van der Waals surface area contributed by atoms with Crippen LogP contribution >= 0.6 is 11.3 Å². The van der Waals surface area contributed by atoms with Crippen molar-refractivity contribution in [3.63, 3.8) is 0 Å². The molecule has 0 spiro atoms. The number of non-ortho nitro benzene ring substituents is 1. The van der Waals surface area contributed by atoms with E-state index in [4.69, 9.17) is 9.47 Å². The molecule has 0 atom stereocenters. The SMILES string of the molecule is CCOC(=O)c1nnc(Oc2cc([N+](=O)[O-])ccc2C)s1.